The van der Waals surface area contributed by atoms with Crippen molar-refractivity contribution in [1.82, 2.24) is 10.1 Å². The summed E-state index contributed by atoms with van der Waals surface area (Å²) in [4.78, 5) is 16.2. The summed E-state index contributed by atoms with van der Waals surface area (Å²) in [5.74, 6) is -0.711. The van der Waals surface area contributed by atoms with Crippen molar-refractivity contribution in [2.45, 2.75) is 6.54 Å². The first-order chi connectivity index (χ1) is 11.6. The number of hydrogen-bond acceptors (Lipinski definition) is 3. The molecular formula is C18H12F2N2O2. The van der Waals surface area contributed by atoms with Crippen LogP contribution in [-0.4, -0.2) is 23.1 Å². The number of rotatable bonds is 2. The number of fused-ring (bicyclic) bond motifs is 2. The molecule has 2 heterocycles. The Bertz CT molecular complexity index is 988. The third-order valence-corrected chi connectivity index (χ3v) is 4.13. The minimum Gasteiger partial charge on any atom is -0.497 e. The Hall–Kier alpha value is -3.02. The van der Waals surface area contributed by atoms with Crippen molar-refractivity contribution in [2.24, 2.45) is 0 Å². The van der Waals surface area contributed by atoms with Crippen LogP contribution in [0.4, 0.5) is 8.87 Å². The van der Waals surface area contributed by atoms with Gasteiger partial charge in [0.25, 0.3) is 5.91 Å². The molecule has 0 spiro atoms. The largest absolute Gasteiger partial charge is 0.497 e. The SMILES string of the molecule is COc1ccc(-c2cccc3cc4c(nc23)CN(F)C4=O)c(F)c1. The van der Waals surface area contributed by atoms with Gasteiger partial charge < -0.3 is 4.74 Å². The van der Waals surface area contributed by atoms with E-state index in [-0.39, 0.29) is 17.2 Å². The number of carbonyl (C=O) groups excluding carboxylic acids is 1. The fourth-order valence-electron chi connectivity index (χ4n) is 2.93. The Morgan fingerprint density at radius 3 is 2.71 bits per heavy atom. The molecule has 0 radical (unpaired) electrons. The standard InChI is InChI=1S/C18H12F2N2O2/c1-24-11-5-6-12(15(19)8-11)13-4-2-3-10-7-14-16(21-17(10)13)9-22(20)18(14)23/h2-8H,9H2,1H3. The number of benzene rings is 2. The normalized spacial score (nSPS) is 13.5. The lowest BCUT2D eigenvalue weighted by molar-refractivity contribution is 0.0217. The highest BCUT2D eigenvalue weighted by molar-refractivity contribution is 6.02. The predicted octanol–water partition coefficient (Wildman–Crippen LogP) is 3.89. The number of nitrogens with zero attached hydrogens (tertiary/aromatic N) is 2. The zero-order chi connectivity index (χ0) is 16.8. The van der Waals surface area contributed by atoms with Gasteiger partial charge in [0, 0.05) is 22.6 Å². The number of aromatic nitrogens is 1. The van der Waals surface area contributed by atoms with E-state index >= 15 is 0 Å². The van der Waals surface area contributed by atoms with Gasteiger partial charge in [0.05, 0.1) is 30.4 Å². The smallest absolute Gasteiger partial charge is 0.283 e. The average Bonchev–Trinajstić information content (AvgIpc) is 2.86. The maximum atomic E-state index is 14.4. The molecule has 0 atom stereocenters. The second-order valence-corrected chi connectivity index (χ2v) is 5.53. The molecule has 120 valence electrons. The van der Waals surface area contributed by atoms with Crippen LogP contribution < -0.4 is 4.74 Å². The number of carbonyl (C=O) groups is 1. The lowest BCUT2D eigenvalue weighted by Crippen LogP contribution is -2.12. The number of amides is 1. The van der Waals surface area contributed by atoms with E-state index in [0.29, 0.717) is 33.5 Å². The predicted molar refractivity (Wildman–Crippen MR) is 84.7 cm³/mol. The fourth-order valence-corrected chi connectivity index (χ4v) is 2.93. The van der Waals surface area contributed by atoms with Crippen LogP contribution in [0, 0.1) is 5.82 Å². The van der Waals surface area contributed by atoms with Gasteiger partial charge in [-0.3, -0.25) is 4.79 Å². The highest BCUT2D eigenvalue weighted by Gasteiger charge is 2.29. The van der Waals surface area contributed by atoms with E-state index in [1.807, 2.05) is 0 Å². The van der Waals surface area contributed by atoms with Crippen molar-refractivity contribution in [3.63, 3.8) is 0 Å². The molecular weight excluding hydrogens is 314 g/mol. The van der Waals surface area contributed by atoms with Crippen LogP contribution in [0.2, 0.25) is 0 Å². The van der Waals surface area contributed by atoms with E-state index in [4.69, 9.17) is 4.74 Å². The van der Waals surface area contributed by atoms with Crippen LogP contribution >= 0.6 is 0 Å². The number of hydrogen-bond donors (Lipinski definition) is 0. The molecule has 0 N–H and O–H groups in total. The number of para-hydroxylation sites is 1. The summed E-state index contributed by atoms with van der Waals surface area (Å²) in [6.45, 7) is -0.191. The van der Waals surface area contributed by atoms with Crippen molar-refractivity contribution in [2.75, 3.05) is 7.11 Å². The van der Waals surface area contributed by atoms with Gasteiger partial charge in [0.15, 0.2) is 0 Å². The number of ether oxygens (including phenoxy) is 1. The first-order valence-electron chi connectivity index (χ1n) is 7.32. The third kappa shape index (κ3) is 2.11. The molecule has 1 aliphatic heterocycles. The van der Waals surface area contributed by atoms with Crippen molar-refractivity contribution < 1.29 is 18.4 Å². The Kier molecular flexibility index (Phi) is 3.19. The second kappa shape index (κ2) is 5.26. The van der Waals surface area contributed by atoms with Gasteiger partial charge in [-0.2, -0.15) is 5.12 Å². The summed E-state index contributed by atoms with van der Waals surface area (Å²) in [5, 5.41) is 0.787. The van der Waals surface area contributed by atoms with Crippen LogP contribution in [0.5, 0.6) is 5.75 Å². The fraction of sp³-hybridized carbons (Fsp3) is 0.111. The van der Waals surface area contributed by atoms with Gasteiger partial charge in [-0.15, -0.1) is 0 Å². The minimum absolute atomic E-state index is 0.129. The average molecular weight is 326 g/mol. The van der Waals surface area contributed by atoms with E-state index in [0.717, 1.165) is 0 Å². The van der Waals surface area contributed by atoms with Gasteiger partial charge >= 0.3 is 0 Å². The minimum atomic E-state index is -0.694. The van der Waals surface area contributed by atoms with E-state index in [1.54, 1.807) is 36.4 Å². The molecule has 6 heteroatoms. The Labute approximate surface area is 136 Å². The third-order valence-electron chi connectivity index (χ3n) is 4.13. The summed E-state index contributed by atoms with van der Waals surface area (Å²) < 4.78 is 32.9. The van der Waals surface area contributed by atoms with E-state index in [1.165, 1.54) is 13.2 Å². The molecule has 4 rings (SSSR count). The van der Waals surface area contributed by atoms with Crippen LogP contribution in [0.15, 0.2) is 42.5 Å². The molecule has 2 aromatic carbocycles. The lowest BCUT2D eigenvalue weighted by atomic mass is 10.00. The van der Waals surface area contributed by atoms with E-state index in [9.17, 15) is 13.7 Å². The van der Waals surface area contributed by atoms with Crippen LogP contribution in [0.3, 0.4) is 0 Å². The molecule has 1 amide bonds. The monoisotopic (exact) mass is 326 g/mol. The zero-order valence-corrected chi connectivity index (χ0v) is 12.7. The van der Waals surface area contributed by atoms with Gasteiger partial charge in [0.1, 0.15) is 11.6 Å². The molecule has 0 fully saturated rings. The Morgan fingerprint density at radius 1 is 1.12 bits per heavy atom. The van der Waals surface area contributed by atoms with Crippen LogP contribution in [0.1, 0.15) is 16.1 Å². The molecule has 0 bridgehead atoms. The maximum Gasteiger partial charge on any atom is 0.283 e. The van der Waals surface area contributed by atoms with Crippen LogP contribution in [0.25, 0.3) is 22.0 Å². The van der Waals surface area contributed by atoms with Crippen molar-refractivity contribution >= 4 is 16.8 Å². The summed E-state index contributed by atoms with van der Waals surface area (Å²) in [6.07, 6.45) is 0. The topological polar surface area (TPSA) is 42.4 Å². The van der Waals surface area contributed by atoms with Crippen molar-refractivity contribution in [3.8, 4) is 16.9 Å². The molecule has 0 saturated carbocycles. The molecule has 24 heavy (non-hydrogen) atoms. The molecule has 3 aromatic rings. The van der Waals surface area contributed by atoms with Crippen molar-refractivity contribution in [3.05, 3.63) is 59.5 Å². The molecule has 0 saturated heterocycles. The first kappa shape index (κ1) is 14.6. The first-order valence-corrected chi connectivity index (χ1v) is 7.32. The number of pyridine rings is 1. The lowest BCUT2D eigenvalue weighted by Gasteiger charge is -2.09. The van der Waals surface area contributed by atoms with Crippen LogP contribution in [-0.2, 0) is 6.54 Å². The summed E-state index contributed by atoms with van der Waals surface area (Å²) in [6, 6.07) is 11.4. The Morgan fingerprint density at radius 2 is 1.96 bits per heavy atom. The van der Waals surface area contributed by atoms with Gasteiger partial charge in [-0.1, -0.05) is 22.7 Å². The van der Waals surface area contributed by atoms with Gasteiger partial charge in [0.2, 0.25) is 0 Å². The molecule has 1 aliphatic rings. The Balaban J connectivity index is 1.95. The van der Waals surface area contributed by atoms with E-state index < -0.39 is 11.7 Å². The number of methoxy groups -OCH3 is 1. The van der Waals surface area contributed by atoms with Gasteiger partial charge in [-0.25, -0.2) is 9.37 Å². The zero-order valence-electron chi connectivity index (χ0n) is 12.7. The summed E-state index contributed by atoms with van der Waals surface area (Å²) in [5.41, 5.74) is 2.09. The summed E-state index contributed by atoms with van der Waals surface area (Å²) >= 11 is 0. The highest BCUT2D eigenvalue weighted by atomic mass is 19.2. The highest BCUT2D eigenvalue weighted by Crippen LogP contribution is 2.33. The maximum absolute atomic E-state index is 14.4. The van der Waals surface area contributed by atoms with Crippen molar-refractivity contribution in [1.29, 1.82) is 0 Å². The second-order valence-electron chi connectivity index (χ2n) is 5.53. The molecule has 4 nitrogen and oxygen atoms in total. The molecule has 1 aromatic heterocycles. The van der Waals surface area contributed by atoms with E-state index in [2.05, 4.69) is 4.98 Å². The molecule has 0 unspecified atom stereocenters. The quantitative estimate of drug-likeness (QED) is 0.671. The number of halogens is 2. The van der Waals surface area contributed by atoms with Gasteiger partial charge in [-0.05, 0) is 18.2 Å². The molecule has 0 aliphatic carbocycles. The summed E-state index contributed by atoms with van der Waals surface area (Å²) in [7, 11) is 1.47.